The van der Waals surface area contributed by atoms with Gasteiger partial charge in [-0.3, -0.25) is 0 Å². The third-order valence-corrected chi connectivity index (χ3v) is 1.96. The van der Waals surface area contributed by atoms with Gasteiger partial charge in [-0.2, -0.15) is 0 Å². The number of phenolic OH excluding ortho intramolecular Hbond substituents is 1. The van der Waals surface area contributed by atoms with Crippen molar-refractivity contribution in [3.8, 4) is 11.5 Å². The highest BCUT2D eigenvalue weighted by Gasteiger charge is 2.04. The molecule has 13 heavy (non-hydrogen) atoms. The fraction of sp³-hybridized carbons (Fsp3) is 0.125. The fourth-order valence-electron chi connectivity index (χ4n) is 0.931. The molecule has 1 aromatic carbocycles. The van der Waals surface area contributed by atoms with Gasteiger partial charge in [-0.1, -0.05) is 6.07 Å². The second kappa shape index (κ2) is 4.50. The van der Waals surface area contributed by atoms with Crippen molar-refractivity contribution in [2.75, 3.05) is 0 Å². The summed E-state index contributed by atoms with van der Waals surface area (Å²) in [6.45, 7) is 0. The third kappa shape index (κ3) is 2.91. The molecule has 0 bridgehead atoms. The van der Waals surface area contributed by atoms with Crippen molar-refractivity contribution in [2.45, 2.75) is 6.42 Å². The van der Waals surface area contributed by atoms with Crippen molar-refractivity contribution in [2.24, 2.45) is 0 Å². The molecule has 0 aliphatic rings. The molecule has 0 unspecified atom stereocenters. The summed E-state index contributed by atoms with van der Waals surface area (Å²) in [4.78, 5) is 10.6. The average molecular weight is 288 g/mol. The van der Waals surface area contributed by atoms with Crippen molar-refractivity contribution in [3.63, 3.8) is 0 Å². The molecule has 0 atom stereocenters. The van der Waals surface area contributed by atoms with Crippen LogP contribution in [0, 0.1) is 0 Å². The van der Waals surface area contributed by atoms with E-state index in [0.29, 0.717) is 5.75 Å². The summed E-state index contributed by atoms with van der Waals surface area (Å²) >= 11 is 1.65. The molecule has 3 nitrogen and oxygen atoms in total. The van der Waals surface area contributed by atoms with Crippen LogP contribution in [-0.2, 0) is 11.2 Å². The maximum absolute atomic E-state index is 10.6. The van der Waals surface area contributed by atoms with E-state index in [9.17, 15) is 9.90 Å². The lowest BCUT2D eigenvalue weighted by Gasteiger charge is -2.03. The Hall–Kier alpha value is -0.715. The van der Waals surface area contributed by atoms with Crippen LogP contribution in [0.25, 0.3) is 0 Å². The van der Waals surface area contributed by atoms with E-state index in [4.69, 9.17) is 10.9 Å². The van der Waals surface area contributed by atoms with Gasteiger partial charge >= 0.3 is 0 Å². The Morgan fingerprint density at radius 2 is 2.31 bits per heavy atom. The molecule has 0 saturated carbocycles. The number of hydrogen-bond acceptors (Lipinski definition) is 3. The first-order chi connectivity index (χ1) is 6.13. The minimum atomic E-state index is -0.412. The molecule has 66 valence electrons. The van der Waals surface area contributed by atoms with Gasteiger partial charge in [0.15, 0.2) is 42.4 Å². The van der Waals surface area contributed by atoms with Gasteiger partial charge in [0.05, 0.1) is 5.68 Å². The van der Waals surface area contributed by atoms with Crippen LogP contribution in [0.4, 0.5) is 0 Å². The highest BCUT2D eigenvalue weighted by Crippen LogP contribution is 2.28. The van der Waals surface area contributed by atoms with E-state index in [1.807, 2.05) is 0 Å². The zero-order valence-corrected chi connectivity index (χ0v) is 8.82. The number of carbonyl (C=O) groups excluding carboxylic acids is 1. The lowest BCUT2D eigenvalue weighted by Crippen LogP contribution is -2.00. The van der Waals surface area contributed by atoms with Gasteiger partial charge in [-0.25, -0.2) is 0 Å². The van der Waals surface area contributed by atoms with Crippen molar-refractivity contribution in [1.29, 1.82) is 0 Å². The van der Waals surface area contributed by atoms with E-state index in [1.54, 1.807) is 35.1 Å². The van der Waals surface area contributed by atoms with Crippen molar-refractivity contribution in [3.05, 3.63) is 23.8 Å². The maximum atomic E-state index is 10.6. The SMILES string of the molecule is [B]C(=O)Cc1ccc(O)c(OI)c1. The maximum Gasteiger partial charge on any atom is 0.192 e. The first kappa shape index (κ1) is 10.4. The van der Waals surface area contributed by atoms with Crippen LogP contribution in [-0.4, -0.2) is 18.6 Å². The van der Waals surface area contributed by atoms with Gasteiger partial charge in [0.1, 0.15) is 0 Å². The smallest absolute Gasteiger partial charge is 0.192 e. The Labute approximate surface area is 91.2 Å². The van der Waals surface area contributed by atoms with E-state index in [2.05, 4.69) is 0 Å². The second-order valence-electron chi connectivity index (χ2n) is 2.52. The molecule has 0 aliphatic heterocycles. The number of rotatable bonds is 3. The van der Waals surface area contributed by atoms with E-state index in [0.717, 1.165) is 5.56 Å². The molecule has 0 heterocycles. The second-order valence-corrected chi connectivity index (χ2v) is 2.96. The average Bonchev–Trinajstić information content (AvgIpc) is 2.07. The summed E-state index contributed by atoms with van der Waals surface area (Å²) in [5.74, 6) is 0.377. The number of aromatic hydroxyl groups is 1. The topological polar surface area (TPSA) is 46.5 Å². The zero-order chi connectivity index (χ0) is 9.84. The standard InChI is InChI=1S/C8H6BIO3/c9-8(12)4-5-1-2-6(11)7(3-5)13-10/h1-3,11H,4H2. The Bertz CT molecular complexity index is 327. The fourth-order valence-corrected chi connectivity index (χ4v) is 1.28. The van der Waals surface area contributed by atoms with Crippen LogP contribution < -0.4 is 3.07 Å². The summed E-state index contributed by atoms with van der Waals surface area (Å²) in [5.41, 5.74) is 0.307. The Kier molecular flexibility index (Phi) is 3.59. The predicted molar refractivity (Wildman–Crippen MR) is 57.2 cm³/mol. The van der Waals surface area contributed by atoms with E-state index in [-0.39, 0.29) is 12.2 Å². The van der Waals surface area contributed by atoms with E-state index < -0.39 is 5.68 Å². The predicted octanol–water partition coefficient (Wildman–Crippen LogP) is 1.36. The van der Waals surface area contributed by atoms with Crippen LogP contribution in [0.3, 0.4) is 0 Å². The van der Waals surface area contributed by atoms with Gasteiger partial charge in [0, 0.05) is 6.42 Å². The van der Waals surface area contributed by atoms with Gasteiger partial charge in [0.2, 0.25) is 0 Å². The monoisotopic (exact) mass is 288 g/mol. The molecule has 0 aliphatic carbocycles. The molecule has 5 heteroatoms. The largest absolute Gasteiger partial charge is 0.504 e. The summed E-state index contributed by atoms with van der Waals surface area (Å²) in [6, 6.07) is 4.66. The molecule has 0 aromatic heterocycles. The molecule has 1 N–H and O–H groups in total. The third-order valence-electron chi connectivity index (χ3n) is 1.49. The Morgan fingerprint density at radius 1 is 1.62 bits per heavy atom. The molecular formula is C8H6BIO3. The van der Waals surface area contributed by atoms with Crippen molar-refractivity contribution >= 4 is 36.5 Å². The molecule has 0 fully saturated rings. The number of hydrogen-bond donors (Lipinski definition) is 1. The van der Waals surface area contributed by atoms with Gasteiger partial charge < -0.3 is 13.0 Å². The van der Waals surface area contributed by atoms with Crippen LogP contribution in [0.1, 0.15) is 5.56 Å². The number of halogens is 1. The van der Waals surface area contributed by atoms with Crippen LogP contribution in [0.5, 0.6) is 11.5 Å². The van der Waals surface area contributed by atoms with Crippen LogP contribution in [0.15, 0.2) is 18.2 Å². The highest BCUT2D eigenvalue weighted by atomic mass is 127. The van der Waals surface area contributed by atoms with Crippen LogP contribution >= 0.6 is 23.0 Å². The van der Waals surface area contributed by atoms with Gasteiger partial charge in [-0.05, 0) is 17.7 Å². The summed E-state index contributed by atoms with van der Waals surface area (Å²) in [6.07, 6.45) is 0.146. The minimum absolute atomic E-state index is 0.0441. The number of benzene rings is 1. The highest BCUT2D eigenvalue weighted by molar-refractivity contribution is 14.1. The Morgan fingerprint density at radius 3 is 2.85 bits per heavy atom. The molecular weight excluding hydrogens is 282 g/mol. The van der Waals surface area contributed by atoms with Gasteiger partial charge in [-0.15, -0.1) is 0 Å². The van der Waals surface area contributed by atoms with E-state index in [1.165, 1.54) is 6.07 Å². The number of phenols is 1. The van der Waals surface area contributed by atoms with Gasteiger partial charge in [0.25, 0.3) is 0 Å². The van der Waals surface area contributed by atoms with E-state index >= 15 is 0 Å². The molecule has 1 aromatic rings. The first-order valence-corrected chi connectivity index (χ1v) is 4.40. The summed E-state index contributed by atoms with van der Waals surface area (Å²) in [7, 11) is 5.01. The number of carbonyl (C=O) groups is 1. The lowest BCUT2D eigenvalue weighted by atomic mass is 9.95. The molecule has 1 rings (SSSR count). The Balaban J connectivity index is 2.92. The lowest BCUT2D eigenvalue weighted by molar-refractivity contribution is -0.111. The molecule has 0 spiro atoms. The quantitative estimate of drug-likeness (QED) is 0.674. The van der Waals surface area contributed by atoms with Crippen molar-refractivity contribution in [1.82, 2.24) is 0 Å². The molecule has 2 radical (unpaired) electrons. The summed E-state index contributed by atoms with van der Waals surface area (Å²) in [5, 5.41) is 9.22. The summed E-state index contributed by atoms with van der Waals surface area (Å²) < 4.78 is 4.84. The van der Waals surface area contributed by atoms with Crippen LogP contribution in [0.2, 0.25) is 0 Å². The van der Waals surface area contributed by atoms with Crippen molar-refractivity contribution < 1.29 is 13.0 Å². The molecule has 0 amide bonds. The first-order valence-electron chi connectivity index (χ1n) is 3.52. The minimum Gasteiger partial charge on any atom is -0.504 e. The molecule has 0 saturated heterocycles. The normalized spacial score (nSPS) is 9.62. The zero-order valence-electron chi connectivity index (χ0n) is 6.66.